The van der Waals surface area contributed by atoms with Crippen molar-refractivity contribution < 1.29 is 18.3 Å². The second-order valence-electron chi connectivity index (χ2n) is 7.80. The van der Waals surface area contributed by atoms with Gasteiger partial charge in [0.25, 0.3) is 0 Å². The van der Waals surface area contributed by atoms with Crippen LogP contribution in [-0.2, 0) is 4.74 Å². The summed E-state index contributed by atoms with van der Waals surface area (Å²) in [6.45, 7) is 5.09. The van der Waals surface area contributed by atoms with Crippen LogP contribution >= 0.6 is 0 Å². The molecule has 0 spiro atoms. The smallest absolute Gasteiger partial charge is 0.409 e. The molecule has 0 bridgehead atoms. The Morgan fingerprint density at radius 2 is 1.60 bits per heavy atom. The Labute approximate surface area is 175 Å². The quantitative estimate of drug-likeness (QED) is 0.732. The number of nitrogens with zero attached hydrogens (tertiary/aromatic N) is 2. The minimum absolute atomic E-state index is 0.239. The van der Waals surface area contributed by atoms with Crippen LogP contribution in [0.2, 0.25) is 0 Å². The molecule has 2 fully saturated rings. The molecular weight excluding hydrogens is 386 g/mol. The van der Waals surface area contributed by atoms with E-state index in [1.54, 1.807) is 29.2 Å². The van der Waals surface area contributed by atoms with Gasteiger partial charge in [0.15, 0.2) is 0 Å². The summed E-state index contributed by atoms with van der Waals surface area (Å²) in [6.07, 6.45) is 1.57. The van der Waals surface area contributed by atoms with Crippen molar-refractivity contribution >= 4 is 11.7 Å². The average Bonchev–Trinajstić information content (AvgIpc) is 2.76. The number of carbonyl (C=O) groups is 1. The van der Waals surface area contributed by atoms with E-state index in [0.717, 1.165) is 42.6 Å². The molecule has 2 aromatic rings. The Hall–Kier alpha value is -2.73. The lowest BCUT2D eigenvalue weighted by Crippen LogP contribution is -2.56. The van der Waals surface area contributed by atoms with Gasteiger partial charge in [-0.2, -0.15) is 0 Å². The van der Waals surface area contributed by atoms with E-state index in [1.807, 2.05) is 6.92 Å². The fraction of sp³-hybridized carbons (Fsp3) is 0.375. The molecule has 30 heavy (non-hydrogen) atoms. The largest absolute Gasteiger partial charge is 0.450 e. The summed E-state index contributed by atoms with van der Waals surface area (Å²) in [5.74, 6) is -0.554. The second-order valence-corrected chi connectivity index (χ2v) is 7.80. The monoisotopic (exact) mass is 412 g/mol. The zero-order chi connectivity index (χ0) is 21.1. The van der Waals surface area contributed by atoms with Gasteiger partial charge in [0.05, 0.1) is 6.61 Å². The van der Waals surface area contributed by atoms with Crippen LogP contribution in [0.4, 0.5) is 13.6 Å². The van der Waals surface area contributed by atoms with Crippen molar-refractivity contribution in [3.63, 3.8) is 0 Å². The molecule has 2 aliphatic rings. The lowest BCUT2D eigenvalue weighted by molar-refractivity contribution is 0.0470. The third-order valence-corrected chi connectivity index (χ3v) is 5.92. The molecule has 4 nitrogen and oxygen atoms in total. The Bertz CT molecular complexity index is 878. The lowest BCUT2D eigenvalue weighted by Gasteiger charge is -2.44. The average molecular weight is 412 g/mol. The molecule has 2 heterocycles. The number of piperazine rings is 1. The van der Waals surface area contributed by atoms with E-state index in [9.17, 15) is 13.6 Å². The highest BCUT2D eigenvalue weighted by Gasteiger charge is 2.34. The summed E-state index contributed by atoms with van der Waals surface area (Å²) in [5.41, 5.74) is 4.17. The van der Waals surface area contributed by atoms with Crippen LogP contribution in [0.1, 0.15) is 30.9 Å². The van der Waals surface area contributed by atoms with Gasteiger partial charge < -0.3 is 9.64 Å². The van der Waals surface area contributed by atoms with Crippen LogP contribution in [0.15, 0.2) is 54.1 Å². The predicted octanol–water partition coefficient (Wildman–Crippen LogP) is 4.70. The number of halogens is 2. The molecule has 2 aliphatic heterocycles. The molecule has 2 aromatic carbocycles. The van der Waals surface area contributed by atoms with Gasteiger partial charge in [0.1, 0.15) is 11.6 Å². The van der Waals surface area contributed by atoms with E-state index in [1.165, 1.54) is 29.8 Å². The Kier molecular flexibility index (Phi) is 6.13. The van der Waals surface area contributed by atoms with Gasteiger partial charge in [0, 0.05) is 32.2 Å². The van der Waals surface area contributed by atoms with E-state index < -0.39 is 0 Å². The van der Waals surface area contributed by atoms with Crippen LogP contribution in [0.3, 0.4) is 0 Å². The molecule has 0 radical (unpaired) electrons. The fourth-order valence-electron chi connectivity index (χ4n) is 4.43. The van der Waals surface area contributed by atoms with E-state index in [4.69, 9.17) is 4.74 Å². The first-order chi connectivity index (χ1) is 14.5. The maximum absolute atomic E-state index is 13.5. The molecule has 2 saturated heterocycles. The fourth-order valence-corrected chi connectivity index (χ4v) is 4.43. The van der Waals surface area contributed by atoms with Gasteiger partial charge in [-0.25, -0.2) is 13.6 Å². The first kappa shape index (κ1) is 20.5. The van der Waals surface area contributed by atoms with Crippen LogP contribution in [0, 0.1) is 11.6 Å². The highest BCUT2D eigenvalue weighted by atomic mass is 19.1. The lowest BCUT2D eigenvalue weighted by atomic mass is 9.86. The SMILES string of the molecule is CCOC(=O)N1CCN2CC(=C(c3ccc(F)cc3)c3ccc(F)cc3)CCC2C1. The molecule has 1 amide bonds. The molecule has 0 aromatic heterocycles. The Morgan fingerprint density at radius 1 is 1.00 bits per heavy atom. The zero-order valence-electron chi connectivity index (χ0n) is 17.1. The summed E-state index contributed by atoms with van der Waals surface area (Å²) in [7, 11) is 0. The zero-order valence-corrected chi connectivity index (χ0v) is 17.1. The van der Waals surface area contributed by atoms with Gasteiger partial charge in [-0.3, -0.25) is 4.90 Å². The Balaban J connectivity index is 1.61. The molecule has 6 heteroatoms. The summed E-state index contributed by atoms with van der Waals surface area (Å²) in [4.78, 5) is 16.3. The Morgan fingerprint density at radius 3 is 2.17 bits per heavy atom. The number of amides is 1. The minimum atomic E-state index is -0.277. The van der Waals surface area contributed by atoms with E-state index in [0.29, 0.717) is 25.7 Å². The first-order valence-electron chi connectivity index (χ1n) is 10.4. The first-order valence-corrected chi connectivity index (χ1v) is 10.4. The van der Waals surface area contributed by atoms with E-state index in [-0.39, 0.29) is 17.7 Å². The minimum Gasteiger partial charge on any atom is -0.450 e. The second kappa shape index (κ2) is 8.96. The van der Waals surface area contributed by atoms with Gasteiger partial charge in [-0.05, 0) is 66.3 Å². The van der Waals surface area contributed by atoms with Gasteiger partial charge >= 0.3 is 6.09 Å². The van der Waals surface area contributed by atoms with Crippen LogP contribution < -0.4 is 0 Å². The number of piperidine rings is 1. The van der Waals surface area contributed by atoms with Gasteiger partial charge in [-0.15, -0.1) is 0 Å². The van der Waals surface area contributed by atoms with Crippen molar-refractivity contribution in [1.82, 2.24) is 9.80 Å². The normalized spacial score (nSPS) is 19.4. The predicted molar refractivity (Wildman–Crippen MR) is 112 cm³/mol. The van der Waals surface area contributed by atoms with Gasteiger partial charge in [-0.1, -0.05) is 24.3 Å². The maximum atomic E-state index is 13.5. The maximum Gasteiger partial charge on any atom is 0.409 e. The molecular formula is C24H26F2N2O2. The van der Waals surface area contributed by atoms with Gasteiger partial charge in [0.2, 0.25) is 0 Å². The molecule has 4 rings (SSSR count). The number of rotatable bonds is 3. The number of hydrogen-bond donors (Lipinski definition) is 0. The van der Waals surface area contributed by atoms with Crippen molar-refractivity contribution in [3.8, 4) is 0 Å². The number of benzene rings is 2. The highest BCUT2D eigenvalue weighted by molar-refractivity contribution is 5.82. The number of fused-ring (bicyclic) bond motifs is 1. The van der Waals surface area contributed by atoms with Crippen LogP contribution in [-0.4, -0.2) is 54.7 Å². The third-order valence-electron chi connectivity index (χ3n) is 5.92. The molecule has 1 atom stereocenters. The number of ether oxygens (including phenoxy) is 1. The summed E-state index contributed by atoms with van der Waals surface area (Å²) in [5, 5.41) is 0. The van der Waals surface area contributed by atoms with E-state index in [2.05, 4.69) is 4.90 Å². The summed E-state index contributed by atoms with van der Waals surface area (Å²) >= 11 is 0. The topological polar surface area (TPSA) is 32.8 Å². The standard InChI is InChI=1S/C24H26F2N2O2/c1-2-30-24(29)28-14-13-27-15-19(7-12-22(27)16-28)23(17-3-8-20(25)9-4-17)18-5-10-21(26)11-6-18/h3-6,8-11,22H,2,7,12-16H2,1H3. The summed E-state index contributed by atoms with van der Waals surface area (Å²) in [6, 6.07) is 13.3. The van der Waals surface area contributed by atoms with Crippen molar-refractivity contribution in [1.29, 1.82) is 0 Å². The number of hydrogen-bond acceptors (Lipinski definition) is 3. The molecule has 0 N–H and O–H groups in total. The highest BCUT2D eigenvalue weighted by Crippen LogP contribution is 2.34. The third kappa shape index (κ3) is 4.38. The van der Waals surface area contributed by atoms with Crippen molar-refractivity contribution in [2.75, 3.05) is 32.8 Å². The van der Waals surface area contributed by atoms with E-state index >= 15 is 0 Å². The van der Waals surface area contributed by atoms with Crippen molar-refractivity contribution in [2.24, 2.45) is 0 Å². The van der Waals surface area contributed by atoms with Crippen LogP contribution in [0.25, 0.3) is 5.57 Å². The van der Waals surface area contributed by atoms with Crippen molar-refractivity contribution in [3.05, 3.63) is 76.9 Å². The molecule has 158 valence electrons. The van der Waals surface area contributed by atoms with Crippen molar-refractivity contribution in [2.45, 2.75) is 25.8 Å². The molecule has 1 unspecified atom stereocenters. The molecule has 0 saturated carbocycles. The number of carbonyl (C=O) groups excluding carboxylic acids is 1. The molecule has 0 aliphatic carbocycles. The van der Waals surface area contributed by atoms with Crippen LogP contribution in [0.5, 0.6) is 0 Å². The summed E-state index contributed by atoms with van der Waals surface area (Å²) < 4.78 is 32.2.